The van der Waals surface area contributed by atoms with Gasteiger partial charge < -0.3 is 4.74 Å². The normalized spacial score (nSPS) is 35.9. The molecule has 3 rings (SSSR count). The number of hydrogen-bond acceptors (Lipinski definition) is 1. The van der Waals surface area contributed by atoms with Crippen LogP contribution in [-0.2, 0) is 10.3 Å². The van der Waals surface area contributed by atoms with E-state index in [1.165, 1.54) is 37.7 Å². The first-order chi connectivity index (χ1) is 6.89. The highest BCUT2D eigenvalue weighted by atomic mass is 16.5. The second-order valence-electron chi connectivity index (χ2n) is 4.53. The van der Waals surface area contributed by atoms with Gasteiger partial charge in [0.1, 0.15) is 0 Å². The van der Waals surface area contributed by atoms with Crippen molar-refractivity contribution in [2.24, 2.45) is 0 Å². The van der Waals surface area contributed by atoms with Crippen LogP contribution in [0.4, 0.5) is 0 Å². The van der Waals surface area contributed by atoms with Gasteiger partial charge in [-0.1, -0.05) is 30.3 Å². The van der Waals surface area contributed by atoms with Crippen LogP contribution in [0.15, 0.2) is 30.3 Å². The van der Waals surface area contributed by atoms with Crippen molar-refractivity contribution in [1.82, 2.24) is 0 Å². The monoisotopic (exact) mass is 188 g/mol. The maximum Gasteiger partial charge on any atom is 0.0936 e. The van der Waals surface area contributed by atoms with Crippen molar-refractivity contribution in [1.29, 1.82) is 0 Å². The van der Waals surface area contributed by atoms with Crippen LogP contribution in [0.1, 0.15) is 37.7 Å². The SMILES string of the molecule is c1ccc(C23CCCC(CC2)O3)cc1. The molecule has 0 saturated carbocycles. The summed E-state index contributed by atoms with van der Waals surface area (Å²) in [6.45, 7) is 0. The van der Waals surface area contributed by atoms with E-state index in [0.29, 0.717) is 6.10 Å². The van der Waals surface area contributed by atoms with Gasteiger partial charge in [-0.25, -0.2) is 0 Å². The summed E-state index contributed by atoms with van der Waals surface area (Å²) in [5.41, 5.74) is 1.48. The van der Waals surface area contributed by atoms with Gasteiger partial charge in [-0.05, 0) is 37.7 Å². The molecule has 0 aromatic heterocycles. The zero-order valence-electron chi connectivity index (χ0n) is 8.41. The molecule has 1 aromatic carbocycles. The van der Waals surface area contributed by atoms with Gasteiger partial charge in [-0.2, -0.15) is 0 Å². The maximum absolute atomic E-state index is 6.17. The molecule has 2 heterocycles. The fourth-order valence-electron chi connectivity index (χ4n) is 2.93. The lowest BCUT2D eigenvalue weighted by molar-refractivity contribution is -0.0815. The van der Waals surface area contributed by atoms with Crippen molar-refractivity contribution < 1.29 is 4.74 Å². The predicted molar refractivity (Wildman–Crippen MR) is 56.1 cm³/mol. The average Bonchev–Trinajstić information content (AvgIpc) is 2.57. The summed E-state index contributed by atoms with van der Waals surface area (Å²) in [6, 6.07) is 10.8. The van der Waals surface area contributed by atoms with Crippen LogP contribution >= 0.6 is 0 Å². The van der Waals surface area contributed by atoms with Gasteiger partial charge in [0.05, 0.1) is 11.7 Å². The second-order valence-corrected chi connectivity index (χ2v) is 4.53. The largest absolute Gasteiger partial charge is 0.367 e. The van der Waals surface area contributed by atoms with Crippen molar-refractivity contribution in [2.75, 3.05) is 0 Å². The van der Waals surface area contributed by atoms with E-state index in [1.54, 1.807) is 0 Å². The Bertz CT molecular complexity index is 315. The van der Waals surface area contributed by atoms with E-state index in [0.717, 1.165) is 0 Å². The smallest absolute Gasteiger partial charge is 0.0936 e. The van der Waals surface area contributed by atoms with Gasteiger partial charge in [0.25, 0.3) is 0 Å². The Morgan fingerprint density at radius 3 is 2.79 bits per heavy atom. The number of benzene rings is 1. The summed E-state index contributed by atoms with van der Waals surface area (Å²) < 4.78 is 6.17. The highest BCUT2D eigenvalue weighted by Gasteiger charge is 2.43. The minimum Gasteiger partial charge on any atom is -0.367 e. The van der Waals surface area contributed by atoms with Gasteiger partial charge >= 0.3 is 0 Å². The molecule has 2 atom stereocenters. The molecule has 74 valence electrons. The lowest BCUT2D eigenvalue weighted by Crippen LogP contribution is -2.30. The van der Waals surface area contributed by atoms with E-state index >= 15 is 0 Å². The van der Waals surface area contributed by atoms with Crippen LogP contribution in [-0.4, -0.2) is 6.10 Å². The summed E-state index contributed by atoms with van der Waals surface area (Å²) in [4.78, 5) is 0. The first-order valence-corrected chi connectivity index (χ1v) is 5.62. The van der Waals surface area contributed by atoms with Crippen molar-refractivity contribution in [2.45, 2.75) is 43.8 Å². The Labute approximate surface area is 85.1 Å². The van der Waals surface area contributed by atoms with Gasteiger partial charge in [0.2, 0.25) is 0 Å². The molecular formula is C13H16O. The first-order valence-electron chi connectivity index (χ1n) is 5.62. The topological polar surface area (TPSA) is 9.23 Å². The number of hydrogen-bond donors (Lipinski definition) is 0. The van der Waals surface area contributed by atoms with Gasteiger partial charge in [0.15, 0.2) is 0 Å². The molecule has 0 amide bonds. The van der Waals surface area contributed by atoms with Crippen LogP contribution in [0, 0.1) is 0 Å². The van der Waals surface area contributed by atoms with Crippen molar-refractivity contribution >= 4 is 0 Å². The van der Waals surface area contributed by atoms with E-state index in [4.69, 9.17) is 4.74 Å². The minimum absolute atomic E-state index is 0.0875. The third kappa shape index (κ3) is 1.19. The van der Waals surface area contributed by atoms with E-state index in [1.807, 2.05) is 0 Å². The van der Waals surface area contributed by atoms with Crippen LogP contribution in [0.25, 0.3) is 0 Å². The summed E-state index contributed by atoms with van der Waals surface area (Å²) >= 11 is 0. The molecule has 2 fully saturated rings. The zero-order chi connectivity index (χ0) is 9.43. The van der Waals surface area contributed by atoms with Crippen LogP contribution in [0.2, 0.25) is 0 Å². The summed E-state index contributed by atoms with van der Waals surface area (Å²) in [5.74, 6) is 0. The fraction of sp³-hybridized carbons (Fsp3) is 0.538. The highest BCUT2D eigenvalue weighted by molar-refractivity contribution is 5.24. The summed E-state index contributed by atoms with van der Waals surface area (Å²) in [7, 11) is 0. The standard InChI is InChI=1S/C13H16O/c1-2-5-11(6-3-1)13-9-4-7-12(14-13)8-10-13/h1-3,5-6,12H,4,7-10H2. The molecule has 2 unspecified atom stereocenters. The molecule has 2 bridgehead atoms. The third-order valence-electron chi connectivity index (χ3n) is 3.67. The second kappa shape index (κ2) is 3.09. The van der Waals surface area contributed by atoms with Crippen molar-refractivity contribution in [3.05, 3.63) is 35.9 Å². The fourth-order valence-corrected chi connectivity index (χ4v) is 2.93. The molecule has 1 heteroatoms. The summed E-state index contributed by atoms with van der Waals surface area (Å²) in [5, 5.41) is 0. The number of fused-ring (bicyclic) bond motifs is 2. The molecule has 0 aliphatic carbocycles. The molecule has 1 nitrogen and oxygen atoms in total. The maximum atomic E-state index is 6.17. The molecule has 1 aromatic rings. The number of ether oxygens (including phenoxy) is 1. The van der Waals surface area contributed by atoms with Crippen LogP contribution < -0.4 is 0 Å². The van der Waals surface area contributed by atoms with E-state index in [-0.39, 0.29) is 5.60 Å². The molecule has 14 heavy (non-hydrogen) atoms. The average molecular weight is 188 g/mol. The molecule has 0 radical (unpaired) electrons. The number of rotatable bonds is 1. The van der Waals surface area contributed by atoms with Crippen LogP contribution in [0.5, 0.6) is 0 Å². The molecule has 2 saturated heterocycles. The lowest BCUT2D eigenvalue weighted by Gasteiger charge is -2.34. The van der Waals surface area contributed by atoms with Crippen molar-refractivity contribution in [3.8, 4) is 0 Å². The lowest BCUT2D eigenvalue weighted by atomic mass is 9.87. The quantitative estimate of drug-likeness (QED) is 0.657. The summed E-state index contributed by atoms with van der Waals surface area (Å²) in [6.07, 6.45) is 6.85. The molecule has 0 spiro atoms. The molecule has 2 aliphatic heterocycles. The van der Waals surface area contributed by atoms with Gasteiger partial charge in [-0.15, -0.1) is 0 Å². The zero-order valence-corrected chi connectivity index (χ0v) is 8.41. The Morgan fingerprint density at radius 1 is 1.07 bits per heavy atom. The molecular weight excluding hydrogens is 172 g/mol. The Hall–Kier alpha value is -0.820. The Balaban J connectivity index is 1.97. The highest BCUT2D eigenvalue weighted by Crippen LogP contribution is 2.47. The first kappa shape index (κ1) is 8.49. The Morgan fingerprint density at radius 2 is 1.93 bits per heavy atom. The van der Waals surface area contributed by atoms with E-state index < -0.39 is 0 Å². The van der Waals surface area contributed by atoms with Gasteiger partial charge in [0, 0.05) is 0 Å². The van der Waals surface area contributed by atoms with Gasteiger partial charge in [-0.3, -0.25) is 0 Å². The Kier molecular flexibility index (Phi) is 1.88. The van der Waals surface area contributed by atoms with Crippen molar-refractivity contribution in [3.63, 3.8) is 0 Å². The molecule has 2 aliphatic rings. The van der Waals surface area contributed by atoms with Crippen LogP contribution in [0.3, 0.4) is 0 Å². The predicted octanol–water partition coefficient (Wildman–Crippen LogP) is 3.24. The minimum atomic E-state index is 0.0875. The third-order valence-corrected chi connectivity index (χ3v) is 3.67. The van der Waals surface area contributed by atoms with E-state index in [2.05, 4.69) is 30.3 Å². The van der Waals surface area contributed by atoms with E-state index in [9.17, 15) is 0 Å². The molecule has 0 N–H and O–H groups in total.